The molecule has 4 aliphatic rings. The van der Waals surface area contributed by atoms with Gasteiger partial charge in [-0.15, -0.1) is 0 Å². The highest BCUT2D eigenvalue weighted by Gasteiger charge is 2.54. The maximum Gasteiger partial charge on any atom is 0.255 e. The van der Waals surface area contributed by atoms with Crippen LogP contribution in [-0.2, 0) is 11.3 Å². The van der Waals surface area contributed by atoms with Gasteiger partial charge in [-0.25, -0.2) is 4.39 Å². The van der Waals surface area contributed by atoms with Crippen molar-refractivity contribution < 1.29 is 14.0 Å². The fourth-order valence-corrected chi connectivity index (χ4v) is 6.32. The van der Waals surface area contributed by atoms with Crippen LogP contribution in [0.4, 0.5) is 10.1 Å². The monoisotopic (exact) mass is 406 g/mol. The van der Waals surface area contributed by atoms with Gasteiger partial charge in [-0.3, -0.25) is 9.59 Å². The van der Waals surface area contributed by atoms with Gasteiger partial charge < -0.3 is 10.6 Å². The molecule has 4 fully saturated rings. The maximum absolute atomic E-state index is 13.1. The van der Waals surface area contributed by atoms with Crippen LogP contribution in [-0.4, -0.2) is 11.8 Å². The van der Waals surface area contributed by atoms with Crippen molar-refractivity contribution in [2.75, 3.05) is 5.32 Å². The summed E-state index contributed by atoms with van der Waals surface area (Å²) < 4.78 is 13.0. The van der Waals surface area contributed by atoms with Gasteiger partial charge in [-0.2, -0.15) is 0 Å². The van der Waals surface area contributed by atoms with Gasteiger partial charge in [-0.1, -0.05) is 12.1 Å². The van der Waals surface area contributed by atoms with E-state index in [9.17, 15) is 14.0 Å². The molecule has 5 heteroatoms. The normalized spacial score (nSPS) is 28.9. The van der Waals surface area contributed by atoms with E-state index in [1.165, 1.54) is 43.5 Å². The summed E-state index contributed by atoms with van der Waals surface area (Å²) in [5.41, 5.74) is 1.86. The van der Waals surface area contributed by atoms with Crippen LogP contribution in [0.25, 0.3) is 0 Å². The molecular formula is C25H27FN2O2. The van der Waals surface area contributed by atoms with E-state index in [4.69, 9.17) is 0 Å². The Hall–Kier alpha value is -2.69. The minimum absolute atomic E-state index is 0.150. The van der Waals surface area contributed by atoms with E-state index < -0.39 is 0 Å². The minimum Gasteiger partial charge on any atom is -0.352 e. The number of carbonyl (C=O) groups excluding carboxylic acids is 2. The zero-order valence-electron chi connectivity index (χ0n) is 17.0. The van der Waals surface area contributed by atoms with Crippen molar-refractivity contribution in [3.8, 4) is 0 Å². The van der Waals surface area contributed by atoms with Crippen LogP contribution in [0.2, 0.25) is 0 Å². The van der Waals surface area contributed by atoms with Gasteiger partial charge in [0.05, 0.1) is 0 Å². The van der Waals surface area contributed by atoms with Crippen LogP contribution in [0.15, 0.2) is 48.5 Å². The van der Waals surface area contributed by atoms with Crippen LogP contribution in [0.1, 0.15) is 54.4 Å². The highest BCUT2D eigenvalue weighted by molar-refractivity contribution is 6.04. The molecule has 0 radical (unpaired) electrons. The lowest BCUT2D eigenvalue weighted by Gasteiger charge is -2.55. The van der Waals surface area contributed by atoms with Gasteiger partial charge in [0, 0.05) is 23.2 Å². The predicted octanol–water partition coefficient (Wildman–Crippen LogP) is 4.91. The highest BCUT2D eigenvalue weighted by atomic mass is 19.1. The van der Waals surface area contributed by atoms with Crippen molar-refractivity contribution in [2.24, 2.45) is 23.2 Å². The minimum atomic E-state index is -0.372. The Balaban J connectivity index is 1.21. The highest BCUT2D eigenvalue weighted by Crippen LogP contribution is 2.60. The molecule has 4 nitrogen and oxygen atoms in total. The lowest BCUT2D eigenvalue weighted by atomic mass is 9.49. The summed E-state index contributed by atoms with van der Waals surface area (Å²) in [6.45, 7) is 0.459. The predicted molar refractivity (Wildman–Crippen MR) is 113 cm³/mol. The molecule has 0 heterocycles. The van der Waals surface area contributed by atoms with Crippen molar-refractivity contribution in [3.05, 3.63) is 65.5 Å². The number of carbonyl (C=O) groups is 2. The van der Waals surface area contributed by atoms with E-state index in [2.05, 4.69) is 10.6 Å². The van der Waals surface area contributed by atoms with E-state index in [1.54, 1.807) is 0 Å². The first-order valence-corrected chi connectivity index (χ1v) is 10.9. The van der Waals surface area contributed by atoms with E-state index in [0.717, 1.165) is 42.6 Å². The molecule has 2 N–H and O–H groups in total. The molecule has 0 atom stereocenters. The largest absolute Gasteiger partial charge is 0.352 e. The molecule has 0 spiro atoms. The fourth-order valence-electron chi connectivity index (χ4n) is 6.32. The summed E-state index contributed by atoms with van der Waals surface area (Å²) in [4.78, 5) is 25.5. The standard InChI is InChI=1S/C25H27FN2O2/c26-21-6-4-20(5-7-21)23(29)28-22-3-1-2-16(11-22)15-27-24(30)25-12-17-8-18(13-25)10-19(9-17)14-25/h1-7,11,17-19H,8-10,12-15H2,(H,27,30)(H,28,29). The van der Waals surface area contributed by atoms with Gasteiger partial charge in [0.2, 0.25) is 5.91 Å². The molecule has 0 aliphatic heterocycles. The van der Waals surface area contributed by atoms with Crippen LogP contribution < -0.4 is 10.6 Å². The van der Waals surface area contributed by atoms with Crippen molar-refractivity contribution in [2.45, 2.75) is 45.1 Å². The Morgan fingerprint density at radius 3 is 2.20 bits per heavy atom. The number of rotatable bonds is 5. The number of hydrogen-bond acceptors (Lipinski definition) is 2. The fraction of sp³-hybridized carbons (Fsp3) is 0.440. The number of benzene rings is 2. The van der Waals surface area contributed by atoms with Gasteiger partial charge in [0.25, 0.3) is 5.91 Å². The molecular weight excluding hydrogens is 379 g/mol. The first-order chi connectivity index (χ1) is 14.5. The third-order valence-electron chi connectivity index (χ3n) is 7.26. The third kappa shape index (κ3) is 3.73. The zero-order chi connectivity index (χ0) is 20.7. The number of anilines is 1. The summed E-state index contributed by atoms with van der Waals surface area (Å²) in [5.74, 6) is 1.78. The van der Waals surface area contributed by atoms with E-state index >= 15 is 0 Å². The number of amides is 2. The molecule has 2 aromatic rings. The number of nitrogens with one attached hydrogen (secondary N) is 2. The van der Waals surface area contributed by atoms with E-state index in [-0.39, 0.29) is 23.0 Å². The Morgan fingerprint density at radius 1 is 0.933 bits per heavy atom. The molecule has 4 bridgehead atoms. The molecule has 6 rings (SSSR count). The first kappa shape index (κ1) is 19.3. The summed E-state index contributed by atoms with van der Waals surface area (Å²) in [5, 5.41) is 6.02. The smallest absolute Gasteiger partial charge is 0.255 e. The number of hydrogen-bond donors (Lipinski definition) is 2. The molecule has 2 aromatic carbocycles. The van der Waals surface area contributed by atoms with Crippen LogP contribution in [0.3, 0.4) is 0 Å². The second kappa shape index (κ2) is 7.53. The third-order valence-corrected chi connectivity index (χ3v) is 7.26. The van der Waals surface area contributed by atoms with Crippen molar-refractivity contribution in [1.29, 1.82) is 0 Å². The lowest BCUT2D eigenvalue weighted by molar-refractivity contribution is -0.146. The summed E-state index contributed by atoms with van der Waals surface area (Å²) >= 11 is 0. The van der Waals surface area contributed by atoms with Crippen molar-refractivity contribution >= 4 is 17.5 Å². The molecule has 156 valence electrons. The van der Waals surface area contributed by atoms with Gasteiger partial charge in [-0.05, 0) is 98.2 Å². The Kier molecular flexibility index (Phi) is 4.84. The maximum atomic E-state index is 13.1. The molecule has 0 aromatic heterocycles. The molecule has 2 amide bonds. The quantitative estimate of drug-likeness (QED) is 0.741. The lowest BCUT2D eigenvalue weighted by Crippen LogP contribution is -2.53. The van der Waals surface area contributed by atoms with Crippen LogP contribution in [0, 0.1) is 29.0 Å². The second-order valence-electron chi connectivity index (χ2n) is 9.54. The molecule has 0 saturated heterocycles. The summed E-state index contributed by atoms with van der Waals surface area (Å²) in [6, 6.07) is 13.0. The SMILES string of the molecule is O=C(Nc1cccc(CNC(=O)C23CC4CC(CC(C4)C2)C3)c1)c1ccc(F)cc1. The summed E-state index contributed by atoms with van der Waals surface area (Å²) in [6.07, 6.45) is 7.13. The Morgan fingerprint density at radius 2 is 1.57 bits per heavy atom. The molecule has 4 aliphatic carbocycles. The Labute approximate surface area is 176 Å². The van der Waals surface area contributed by atoms with Crippen LogP contribution in [0.5, 0.6) is 0 Å². The average molecular weight is 407 g/mol. The molecule has 30 heavy (non-hydrogen) atoms. The second-order valence-corrected chi connectivity index (χ2v) is 9.54. The molecule has 0 unspecified atom stereocenters. The Bertz CT molecular complexity index is 934. The van der Waals surface area contributed by atoms with Gasteiger partial charge in [0.15, 0.2) is 0 Å². The topological polar surface area (TPSA) is 58.2 Å². The molecule has 4 saturated carbocycles. The van der Waals surface area contributed by atoms with Crippen LogP contribution >= 0.6 is 0 Å². The average Bonchev–Trinajstić information content (AvgIpc) is 2.72. The summed E-state index contributed by atoms with van der Waals surface area (Å²) in [7, 11) is 0. The number of halogens is 1. The zero-order valence-corrected chi connectivity index (χ0v) is 17.0. The van der Waals surface area contributed by atoms with Gasteiger partial charge >= 0.3 is 0 Å². The first-order valence-electron chi connectivity index (χ1n) is 10.9. The van der Waals surface area contributed by atoms with Gasteiger partial charge in [0.1, 0.15) is 5.82 Å². The van der Waals surface area contributed by atoms with E-state index in [0.29, 0.717) is 17.8 Å². The van der Waals surface area contributed by atoms with Crippen molar-refractivity contribution in [1.82, 2.24) is 5.32 Å². The van der Waals surface area contributed by atoms with Crippen molar-refractivity contribution in [3.63, 3.8) is 0 Å². The van der Waals surface area contributed by atoms with E-state index in [1.807, 2.05) is 24.3 Å².